The molecule has 1 N–H and O–H groups in total. The molecule has 0 atom stereocenters. The Morgan fingerprint density at radius 1 is 1.25 bits per heavy atom. The van der Waals surface area contributed by atoms with Crippen molar-refractivity contribution < 1.29 is 13.2 Å². The Labute approximate surface area is 121 Å². The van der Waals surface area contributed by atoms with Crippen LogP contribution in [-0.4, -0.2) is 14.3 Å². The molecule has 0 fully saturated rings. The Morgan fingerprint density at radius 2 is 1.85 bits per heavy atom. The van der Waals surface area contributed by atoms with Crippen LogP contribution in [0.25, 0.3) is 0 Å². The summed E-state index contributed by atoms with van der Waals surface area (Å²) in [5, 5.41) is 0. The number of benzene rings is 1. The molecule has 112 valence electrons. The van der Waals surface area contributed by atoms with Crippen LogP contribution in [0.15, 0.2) is 23.1 Å². The first-order chi connectivity index (χ1) is 9.08. The third-order valence-electron chi connectivity index (χ3n) is 3.07. The van der Waals surface area contributed by atoms with Crippen molar-refractivity contribution in [1.82, 2.24) is 4.72 Å². The monoisotopic (exact) mass is 297 g/mol. The molecule has 20 heavy (non-hydrogen) atoms. The van der Waals surface area contributed by atoms with Gasteiger partial charge in [-0.05, 0) is 36.0 Å². The second kappa shape index (κ2) is 5.95. The lowest BCUT2D eigenvalue weighted by Gasteiger charge is -2.20. The molecular weight excluding hydrogens is 274 g/mol. The van der Waals surface area contributed by atoms with Crippen molar-refractivity contribution >= 4 is 15.9 Å². The minimum atomic E-state index is -3.79. The number of nitrogens with one attached hydrogen (secondary N) is 1. The van der Waals surface area contributed by atoms with Gasteiger partial charge in [0.15, 0.2) is 0 Å². The molecule has 0 saturated carbocycles. The van der Waals surface area contributed by atoms with Crippen LogP contribution in [0, 0.1) is 6.92 Å². The molecular formula is C15H23NO3S. The number of rotatable bonds is 4. The van der Waals surface area contributed by atoms with E-state index in [1.807, 2.05) is 33.8 Å². The lowest BCUT2D eigenvalue weighted by atomic mass is 9.87. The summed E-state index contributed by atoms with van der Waals surface area (Å²) in [5.41, 5.74) is 1.41. The third-order valence-corrected chi connectivity index (χ3v) is 4.58. The van der Waals surface area contributed by atoms with Crippen molar-refractivity contribution in [3.63, 3.8) is 0 Å². The van der Waals surface area contributed by atoms with Crippen LogP contribution in [0.2, 0.25) is 0 Å². The smallest absolute Gasteiger partial charge is 0.264 e. The first-order valence-corrected chi connectivity index (χ1v) is 8.23. The Hall–Kier alpha value is -1.36. The van der Waals surface area contributed by atoms with Gasteiger partial charge >= 0.3 is 0 Å². The Balaban J connectivity index is 3.21. The number of carbonyl (C=O) groups is 1. The summed E-state index contributed by atoms with van der Waals surface area (Å²) >= 11 is 0. The molecule has 0 bridgehead atoms. The second-order valence-corrected chi connectivity index (χ2v) is 7.66. The van der Waals surface area contributed by atoms with Crippen molar-refractivity contribution in [2.24, 2.45) is 0 Å². The Morgan fingerprint density at radius 3 is 2.35 bits per heavy atom. The van der Waals surface area contributed by atoms with Gasteiger partial charge < -0.3 is 0 Å². The van der Waals surface area contributed by atoms with E-state index in [2.05, 4.69) is 4.72 Å². The number of carbonyl (C=O) groups excluding carboxylic acids is 1. The van der Waals surface area contributed by atoms with E-state index < -0.39 is 15.9 Å². The van der Waals surface area contributed by atoms with Gasteiger partial charge in [-0.25, -0.2) is 13.1 Å². The minimum Gasteiger partial charge on any atom is -0.274 e. The molecule has 4 nitrogen and oxygen atoms in total. The van der Waals surface area contributed by atoms with Crippen LogP contribution in [-0.2, 0) is 20.2 Å². The van der Waals surface area contributed by atoms with Crippen molar-refractivity contribution in [2.75, 3.05) is 0 Å². The minimum absolute atomic E-state index is 0.147. The number of amides is 1. The van der Waals surface area contributed by atoms with Gasteiger partial charge in [0.1, 0.15) is 0 Å². The largest absolute Gasteiger partial charge is 0.274 e. The van der Waals surface area contributed by atoms with Gasteiger partial charge in [0.05, 0.1) is 4.90 Å². The summed E-state index contributed by atoms with van der Waals surface area (Å²) in [4.78, 5) is 11.7. The predicted molar refractivity (Wildman–Crippen MR) is 80.1 cm³/mol. The van der Waals surface area contributed by atoms with E-state index in [0.29, 0.717) is 12.0 Å². The summed E-state index contributed by atoms with van der Waals surface area (Å²) in [6, 6.07) is 5.35. The molecule has 1 aromatic rings. The molecule has 0 aliphatic carbocycles. The highest BCUT2D eigenvalue weighted by Gasteiger charge is 2.22. The maximum absolute atomic E-state index is 12.3. The molecule has 5 heteroatoms. The number of hydrogen-bond donors (Lipinski definition) is 1. The molecule has 1 amide bonds. The van der Waals surface area contributed by atoms with Crippen molar-refractivity contribution in [1.29, 1.82) is 0 Å². The lowest BCUT2D eigenvalue weighted by Crippen LogP contribution is -2.31. The van der Waals surface area contributed by atoms with Crippen LogP contribution in [0.5, 0.6) is 0 Å². The SMILES string of the molecule is CCCC(=O)NS(=O)(=O)c1cc(C(C)(C)C)ccc1C. The summed E-state index contributed by atoms with van der Waals surface area (Å²) in [5.74, 6) is -0.465. The first-order valence-electron chi connectivity index (χ1n) is 6.74. The highest BCUT2D eigenvalue weighted by Crippen LogP contribution is 2.26. The van der Waals surface area contributed by atoms with E-state index in [4.69, 9.17) is 0 Å². The van der Waals surface area contributed by atoms with Crippen LogP contribution in [0.1, 0.15) is 51.7 Å². The van der Waals surface area contributed by atoms with Crippen LogP contribution < -0.4 is 4.72 Å². The van der Waals surface area contributed by atoms with Gasteiger partial charge in [0.2, 0.25) is 5.91 Å². The van der Waals surface area contributed by atoms with Gasteiger partial charge in [-0.15, -0.1) is 0 Å². The predicted octanol–water partition coefficient (Wildman–Crippen LogP) is 2.90. The summed E-state index contributed by atoms with van der Waals surface area (Å²) in [6.45, 7) is 9.61. The first kappa shape index (κ1) is 16.7. The zero-order valence-corrected chi connectivity index (χ0v) is 13.6. The standard InChI is InChI=1S/C15H23NO3S/c1-6-7-14(17)16-20(18,19)13-10-12(15(3,4)5)9-8-11(13)2/h8-10H,6-7H2,1-5H3,(H,16,17). The Kier molecular flexibility index (Phi) is 4.97. The van der Waals surface area contributed by atoms with Crippen LogP contribution in [0.3, 0.4) is 0 Å². The van der Waals surface area contributed by atoms with Crippen molar-refractivity contribution in [3.05, 3.63) is 29.3 Å². The van der Waals surface area contributed by atoms with Crippen LogP contribution in [0.4, 0.5) is 0 Å². The second-order valence-electron chi connectivity index (χ2n) is 6.01. The average molecular weight is 297 g/mol. The summed E-state index contributed by atoms with van der Waals surface area (Å²) in [6.07, 6.45) is 0.819. The molecule has 0 radical (unpaired) electrons. The molecule has 0 aliphatic heterocycles. The van der Waals surface area contributed by atoms with Crippen molar-refractivity contribution in [3.8, 4) is 0 Å². The summed E-state index contributed by atoms with van der Waals surface area (Å²) < 4.78 is 26.7. The molecule has 0 aromatic heterocycles. The van der Waals surface area contributed by atoms with Gasteiger partial charge in [-0.2, -0.15) is 0 Å². The quantitative estimate of drug-likeness (QED) is 0.929. The molecule has 0 aliphatic rings. The van der Waals surface area contributed by atoms with Crippen molar-refractivity contribution in [2.45, 2.75) is 57.8 Å². The van der Waals surface area contributed by atoms with Gasteiger partial charge in [0.25, 0.3) is 10.0 Å². The van der Waals surface area contributed by atoms with Crippen LogP contribution >= 0.6 is 0 Å². The van der Waals surface area contributed by atoms with E-state index in [1.165, 1.54) is 0 Å². The van der Waals surface area contributed by atoms with E-state index >= 15 is 0 Å². The third kappa shape index (κ3) is 4.07. The molecule has 1 aromatic carbocycles. The molecule has 0 spiro atoms. The lowest BCUT2D eigenvalue weighted by molar-refractivity contribution is -0.119. The number of aryl methyl sites for hydroxylation is 1. The van der Waals surface area contributed by atoms with E-state index in [1.54, 1.807) is 19.1 Å². The zero-order valence-electron chi connectivity index (χ0n) is 12.8. The highest BCUT2D eigenvalue weighted by atomic mass is 32.2. The highest BCUT2D eigenvalue weighted by molar-refractivity contribution is 7.90. The maximum Gasteiger partial charge on any atom is 0.264 e. The molecule has 0 heterocycles. The van der Waals surface area contributed by atoms with Gasteiger partial charge in [-0.3, -0.25) is 4.79 Å². The topological polar surface area (TPSA) is 63.2 Å². The van der Waals surface area contributed by atoms with E-state index in [-0.39, 0.29) is 16.7 Å². The normalized spacial score (nSPS) is 12.2. The maximum atomic E-state index is 12.3. The van der Waals surface area contributed by atoms with Gasteiger partial charge in [-0.1, -0.05) is 39.8 Å². The molecule has 1 rings (SSSR count). The average Bonchev–Trinajstić information content (AvgIpc) is 2.26. The van der Waals surface area contributed by atoms with Gasteiger partial charge in [0, 0.05) is 6.42 Å². The molecule has 0 saturated heterocycles. The molecule has 0 unspecified atom stereocenters. The number of sulfonamides is 1. The van der Waals surface area contributed by atoms with E-state index in [9.17, 15) is 13.2 Å². The Bertz CT molecular complexity index is 598. The number of hydrogen-bond acceptors (Lipinski definition) is 3. The zero-order chi connectivity index (χ0) is 15.6. The summed E-state index contributed by atoms with van der Waals surface area (Å²) in [7, 11) is -3.79. The fourth-order valence-corrected chi connectivity index (χ4v) is 3.12. The van der Waals surface area contributed by atoms with E-state index in [0.717, 1.165) is 5.56 Å². The fraction of sp³-hybridized carbons (Fsp3) is 0.533. The fourth-order valence-electron chi connectivity index (χ4n) is 1.84.